The maximum absolute atomic E-state index is 13.5. The second kappa shape index (κ2) is 9.02. The van der Waals surface area contributed by atoms with Crippen molar-refractivity contribution in [2.75, 3.05) is 11.5 Å². The van der Waals surface area contributed by atoms with Crippen LogP contribution in [0.1, 0.15) is 24.5 Å². The second-order valence-corrected chi connectivity index (χ2v) is 8.87. The number of aromatic amines is 1. The molecular formula is C28H27N3O4. The quantitative estimate of drug-likeness (QED) is 0.360. The van der Waals surface area contributed by atoms with Gasteiger partial charge in [0.15, 0.2) is 5.60 Å². The Kier molecular flexibility index (Phi) is 5.88. The molecule has 0 saturated heterocycles. The van der Waals surface area contributed by atoms with Gasteiger partial charge in [-0.2, -0.15) is 0 Å². The maximum Gasteiger partial charge on any atom is 0.279 e. The van der Waals surface area contributed by atoms with Gasteiger partial charge >= 0.3 is 0 Å². The average molecular weight is 470 g/mol. The number of nitrogens with one attached hydrogen (secondary N) is 1. The SMILES string of the molecule is C[C@H](/C=C/CCO)[C@@]1(O)C(=O)N(Cc2ccc(-n3[nH]c4ccccc4c3=O)cc2)c2ccccc21. The fourth-order valence-electron chi connectivity index (χ4n) is 4.75. The van der Waals surface area contributed by atoms with E-state index in [9.17, 15) is 14.7 Å². The number of fused-ring (bicyclic) bond motifs is 2. The predicted octanol–water partition coefficient (Wildman–Crippen LogP) is 3.63. The van der Waals surface area contributed by atoms with Crippen molar-refractivity contribution >= 4 is 22.5 Å². The van der Waals surface area contributed by atoms with E-state index in [0.717, 1.165) is 11.1 Å². The van der Waals surface area contributed by atoms with E-state index < -0.39 is 11.5 Å². The minimum atomic E-state index is -1.68. The highest BCUT2D eigenvalue weighted by atomic mass is 16.3. The van der Waals surface area contributed by atoms with Crippen LogP contribution in [0.25, 0.3) is 16.6 Å². The van der Waals surface area contributed by atoms with E-state index in [4.69, 9.17) is 5.11 Å². The highest BCUT2D eigenvalue weighted by molar-refractivity contribution is 6.07. The first-order valence-corrected chi connectivity index (χ1v) is 11.7. The number of aliphatic hydroxyl groups is 2. The third kappa shape index (κ3) is 3.79. The maximum atomic E-state index is 13.5. The fraction of sp³-hybridized carbons (Fsp3) is 0.214. The summed E-state index contributed by atoms with van der Waals surface area (Å²) in [6, 6.07) is 22.1. The zero-order valence-corrected chi connectivity index (χ0v) is 19.4. The molecule has 2 heterocycles. The number of H-pyrrole nitrogens is 1. The molecule has 1 aliphatic heterocycles. The van der Waals surface area contributed by atoms with Gasteiger partial charge in [0.1, 0.15) is 0 Å². The molecule has 1 amide bonds. The van der Waals surface area contributed by atoms with Gasteiger partial charge in [-0.1, -0.05) is 61.5 Å². The standard InChI is InChI=1S/C28H27N3O4/c1-19(8-6-7-17-32)28(35)23-10-3-5-12-25(23)30(27(28)34)18-20-13-15-21(16-14-20)31-26(33)22-9-2-4-11-24(22)29-31/h2-6,8-16,19,29,32,35H,7,17-18H2,1H3/b8-6+/t19-,28+/m1/s1. The van der Waals surface area contributed by atoms with Gasteiger partial charge in [0.05, 0.1) is 28.8 Å². The van der Waals surface area contributed by atoms with Gasteiger partial charge in [-0.3, -0.25) is 14.7 Å². The van der Waals surface area contributed by atoms with E-state index >= 15 is 0 Å². The number of benzene rings is 3. The summed E-state index contributed by atoms with van der Waals surface area (Å²) in [5.41, 5.74) is 1.79. The molecule has 0 radical (unpaired) electrons. The fourth-order valence-corrected chi connectivity index (χ4v) is 4.75. The average Bonchev–Trinajstić information content (AvgIpc) is 3.33. The molecule has 0 bridgehead atoms. The largest absolute Gasteiger partial charge is 0.396 e. The van der Waals surface area contributed by atoms with Crippen molar-refractivity contribution in [3.05, 3.63) is 106 Å². The molecule has 35 heavy (non-hydrogen) atoms. The van der Waals surface area contributed by atoms with E-state index in [2.05, 4.69) is 5.10 Å². The van der Waals surface area contributed by atoms with Crippen LogP contribution in [0.15, 0.2) is 89.7 Å². The zero-order chi connectivity index (χ0) is 24.6. The molecule has 0 spiro atoms. The zero-order valence-electron chi connectivity index (χ0n) is 19.4. The molecule has 7 heteroatoms. The van der Waals surface area contributed by atoms with Crippen molar-refractivity contribution in [3.8, 4) is 5.69 Å². The molecule has 178 valence electrons. The van der Waals surface area contributed by atoms with Crippen LogP contribution in [0.2, 0.25) is 0 Å². The van der Waals surface area contributed by atoms with Crippen LogP contribution >= 0.6 is 0 Å². The number of amides is 1. The molecular weight excluding hydrogens is 442 g/mol. The van der Waals surface area contributed by atoms with E-state index in [0.29, 0.717) is 28.7 Å². The van der Waals surface area contributed by atoms with Crippen LogP contribution in [0.5, 0.6) is 0 Å². The van der Waals surface area contributed by atoms with Crippen molar-refractivity contribution in [2.24, 2.45) is 5.92 Å². The summed E-state index contributed by atoms with van der Waals surface area (Å²) in [6.45, 7) is 2.10. The number of anilines is 1. The lowest BCUT2D eigenvalue weighted by atomic mass is 9.83. The Balaban J connectivity index is 1.43. The Hall–Kier alpha value is -3.94. The summed E-state index contributed by atoms with van der Waals surface area (Å²) in [5.74, 6) is -0.847. The van der Waals surface area contributed by atoms with Gasteiger partial charge in [0.25, 0.3) is 11.5 Å². The third-order valence-corrected chi connectivity index (χ3v) is 6.68. The molecule has 1 aliphatic rings. The molecule has 0 fully saturated rings. The molecule has 0 saturated carbocycles. The van der Waals surface area contributed by atoms with Gasteiger partial charge in [0.2, 0.25) is 0 Å². The summed E-state index contributed by atoms with van der Waals surface area (Å²) in [6.07, 6.45) is 4.03. The van der Waals surface area contributed by atoms with Crippen LogP contribution in [0, 0.1) is 5.92 Å². The second-order valence-electron chi connectivity index (χ2n) is 8.87. The highest BCUT2D eigenvalue weighted by Crippen LogP contribution is 2.45. The number of hydrogen-bond acceptors (Lipinski definition) is 4. The van der Waals surface area contributed by atoms with E-state index in [1.165, 1.54) is 4.68 Å². The number of hydrogen-bond donors (Lipinski definition) is 3. The van der Waals surface area contributed by atoms with E-state index in [-0.39, 0.29) is 24.6 Å². The van der Waals surface area contributed by atoms with Crippen molar-refractivity contribution < 1.29 is 15.0 Å². The van der Waals surface area contributed by atoms with E-state index in [1.807, 2.05) is 60.7 Å². The van der Waals surface area contributed by atoms with Crippen LogP contribution in [0.3, 0.4) is 0 Å². The van der Waals surface area contributed by atoms with Crippen molar-refractivity contribution in [3.63, 3.8) is 0 Å². The molecule has 5 rings (SSSR count). The monoisotopic (exact) mass is 469 g/mol. The molecule has 7 nitrogen and oxygen atoms in total. The number of carbonyl (C=O) groups excluding carboxylic acids is 1. The summed E-state index contributed by atoms with van der Waals surface area (Å²) in [7, 11) is 0. The summed E-state index contributed by atoms with van der Waals surface area (Å²) in [5, 5.41) is 24.4. The Labute approximate surface area is 202 Å². The molecule has 4 aromatic rings. The summed E-state index contributed by atoms with van der Waals surface area (Å²) in [4.78, 5) is 27.9. The van der Waals surface area contributed by atoms with Crippen LogP contribution in [-0.2, 0) is 16.9 Å². The lowest BCUT2D eigenvalue weighted by molar-refractivity contribution is -0.139. The molecule has 0 aliphatic carbocycles. The minimum Gasteiger partial charge on any atom is -0.396 e. The lowest BCUT2D eigenvalue weighted by Crippen LogP contribution is -2.44. The van der Waals surface area contributed by atoms with Crippen LogP contribution in [-0.4, -0.2) is 32.5 Å². The first kappa shape index (κ1) is 22.8. The highest BCUT2D eigenvalue weighted by Gasteiger charge is 2.52. The van der Waals surface area contributed by atoms with Gasteiger partial charge in [-0.05, 0) is 42.3 Å². The molecule has 0 unspecified atom stereocenters. The Morgan fingerprint density at radius 1 is 1.00 bits per heavy atom. The summed E-state index contributed by atoms with van der Waals surface area (Å²) >= 11 is 0. The number of rotatable bonds is 7. The first-order valence-electron chi connectivity index (χ1n) is 11.7. The Morgan fingerprint density at radius 2 is 1.71 bits per heavy atom. The Bertz CT molecular complexity index is 1470. The van der Waals surface area contributed by atoms with Gasteiger partial charge < -0.3 is 15.1 Å². The minimum absolute atomic E-state index is 0.0128. The van der Waals surface area contributed by atoms with Crippen molar-refractivity contribution in [1.82, 2.24) is 9.78 Å². The molecule has 1 aromatic heterocycles. The van der Waals surface area contributed by atoms with Gasteiger partial charge in [0, 0.05) is 18.1 Å². The lowest BCUT2D eigenvalue weighted by Gasteiger charge is -2.27. The van der Waals surface area contributed by atoms with Gasteiger partial charge in [-0.25, -0.2) is 4.68 Å². The summed E-state index contributed by atoms with van der Waals surface area (Å²) < 4.78 is 1.50. The molecule has 3 aromatic carbocycles. The first-order chi connectivity index (χ1) is 16.9. The van der Waals surface area contributed by atoms with Gasteiger partial charge in [-0.15, -0.1) is 0 Å². The number of carbonyl (C=O) groups is 1. The topological polar surface area (TPSA) is 98.6 Å². The Morgan fingerprint density at radius 3 is 2.46 bits per heavy atom. The van der Waals surface area contributed by atoms with Crippen molar-refractivity contribution in [2.45, 2.75) is 25.5 Å². The molecule has 3 N–H and O–H groups in total. The van der Waals surface area contributed by atoms with E-state index in [1.54, 1.807) is 36.1 Å². The number of aliphatic hydroxyl groups excluding tert-OH is 1. The smallest absolute Gasteiger partial charge is 0.279 e. The normalized spacial score (nSPS) is 18.5. The third-order valence-electron chi connectivity index (χ3n) is 6.68. The van der Waals surface area contributed by atoms with Crippen LogP contribution < -0.4 is 10.5 Å². The van der Waals surface area contributed by atoms with Crippen LogP contribution in [0.4, 0.5) is 5.69 Å². The van der Waals surface area contributed by atoms with Crippen molar-refractivity contribution in [1.29, 1.82) is 0 Å². The predicted molar refractivity (Wildman–Crippen MR) is 135 cm³/mol. The molecule has 2 atom stereocenters. The number of aromatic nitrogens is 2. The number of para-hydroxylation sites is 2. The number of nitrogens with zero attached hydrogens (tertiary/aromatic N) is 2.